The van der Waals surface area contributed by atoms with Crippen LogP contribution in [0.25, 0.3) is 11.3 Å². The van der Waals surface area contributed by atoms with Crippen molar-refractivity contribution in [1.29, 1.82) is 0 Å². The number of aromatic nitrogens is 3. The summed E-state index contributed by atoms with van der Waals surface area (Å²) in [4.78, 5) is 0. The van der Waals surface area contributed by atoms with Crippen molar-refractivity contribution in [3.8, 4) is 17.0 Å². The molecule has 2 rings (SSSR count). The summed E-state index contributed by atoms with van der Waals surface area (Å²) in [7, 11) is 1.62. The number of ether oxygens (including phenoxy) is 1. The van der Waals surface area contributed by atoms with E-state index in [9.17, 15) is 0 Å². The minimum atomic E-state index is 0.0332. The Labute approximate surface area is 93.3 Å². The Kier molecular flexibility index (Phi) is 3.16. The molecule has 0 saturated heterocycles. The lowest BCUT2D eigenvalue weighted by Gasteiger charge is -2.08. The first-order valence-corrected chi connectivity index (χ1v) is 4.99. The fourth-order valence-corrected chi connectivity index (χ4v) is 1.58. The van der Waals surface area contributed by atoms with Crippen LogP contribution in [0.1, 0.15) is 0 Å². The van der Waals surface area contributed by atoms with E-state index in [1.165, 1.54) is 0 Å². The number of methoxy groups -OCH3 is 1. The average Bonchev–Trinajstić information content (AvgIpc) is 2.77. The second-order valence-corrected chi connectivity index (χ2v) is 3.27. The third-order valence-electron chi connectivity index (χ3n) is 2.31. The molecule has 1 heterocycles. The van der Waals surface area contributed by atoms with Gasteiger partial charge in [0.1, 0.15) is 5.75 Å². The summed E-state index contributed by atoms with van der Waals surface area (Å²) >= 11 is 0. The molecule has 5 nitrogen and oxygen atoms in total. The van der Waals surface area contributed by atoms with Crippen molar-refractivity contribution in [1.82, 2.24) is 15.0 Å². The number of benzene rings is 1. The zero-order valence-electron chi connectivity index (χ0n) is 9.00. The number of rotatable bonds is 4. The molecule has 0 radical (unpaired) electrons. The summed E-state index contributed by atoms with van der Waals surface area (Å²) in [5.41, 5.74) is 1.76. The first-order valence-electron chi connectivity index (χ1n) is 4.99. The maximum Gasteiger partial charge on any atom is 0.128 e. The highest BCUT2D eigenvalue weighted by molar-refractivity contribution is 5.66. The van der Waals surface area contributed by atoms with E-state index in [-0.39, 0.29) is 6.61 Å². The van der Waals surface area contributed by atoms with E-state index in [1.54, 1.807) is 18.0 Å². The van der Waals surface area contributed by atoms with Gasteiger partial charge in [0.05, 0.1) is 32.2 Å². The summed E-state index contributed by atoms with van der Waals surface area (Å²) in [5.74, 6) is 0.768. The molecule has 5 heteroatoms. The molecule has 0 saturated carbocycles. The van der Waals surface area contributed by atoms with Crippen molar-refractivity contribution >= 4 is 0 Å². The lowest BCUT2D eigenvalue weighted by Crippen LogP contribution is -2.06. The van der Waals surface area contributed by atoms with Crippen molar-refractivity contribution < 1.29 is 9.84 Å². The lowest BCUT2D eigenvalue weighted by molar-refractivity contribution is 0.268. The number of hydrogen-bond acceptors (Lipinski definition) is 4. The zero-order valence-corrected chi connectivity index (χ0v) is 9.00. The molecule has 0 aliphatic rings. The van der Waals surface area contributed by atoms with E-state index < -0.39 is 0 Å². The van der Waals surface area contributed by atoms with Crippen LogP contribution in [0.4, 0.5) is 0 Å². The van der Waals surface area contributed by atoms with Crippen molar-refractivity contribution in [2.75, 3.05) is 13.7 Å². The van der Waals surface area contributed by atoms with Crippen LogP contribution in [-0.4, -0.2) is 33.8 Å². The molecule has 84 valence electrons. The van der Waals surface area contributed by atoms with Crippen LogP contribution in [0, 0.1) is 0 Å². The van der Waals surface area contributed by atoms with Crippen molar-refractivity contribution in [3.63, 3.8) is 0 Å². The van der Waals surface area contributed by atoms with Gasteiger partial charge < -0.3 is 9.84 Å². The second-order valence-electron chi connectivity index (χ2n) is 3.27. The fourth-order valence-electron chi connectivity index (χ4n) is 1.58. The van der Waals surface area contributed by atoms with E-state index in [0.717, 1.165) is 17.0 Å². The van der Waals surface area contributed by atoms with Crippen LogP contribution >= 0.6 is 0 Å². The van der Waals surface area contributed by atoms with Crippen LogP contribution < -0.4 is 4.74 Å². The Morgan fingerprint density at radius 2 is 2.19 bits per heavy atom. The molecule has 0 spiro atoms. The van der Waals surface area contributed by atoms with E-state index in [0.29, 0.717) is 6.54 Å². The van der Waals surface area contributed by atoms with Gasteiger partial charge >= 0.3 is 0 Å². The molecule has 0 aliphatic heterocycles. The second kappa shape index (κ2) is 4.76. The molecule has 0 aliphatic carbocycles. The number of para-hydroxylation sites is 1. The molecule has 2 aromatic rings. The molecule has 0 fully saturated rings. The van der Waals surface area contributed by atoms with Gasteiger partial charge in [0, 0.05) is 5.56 Å². The Bertz CT molecular complexity index is 468. The van der Waals surface area contributed by atoms with E-state index in [2.05, 4.69) is 10.3 Å². The van der Waals surface area contributed by atoms with Gasteiger partial charge in [0.25, 0.3) is 0 Å². The van der Waals surface area contributed by atoms with Crippen LogP contribution in [-0.2, 0) is 6.54 Å². The first-order chi connectivity index (χ1) is 7.86. The van der Waals surface area contributed by atoms with Crippen molar-refractivity contribution in [2.45, 2.75) is 6.54 Å². The van der Waals surface area contributed by atoms with Crippen molar-refractivity contribution in [2.24, 2.45) is 0 Å². The number of aliphatic hydroxyl groups is 1. The Morgan fingerprint density at radius 1 is 1.38 bits per heavy atom. The monoisotopic (exact) mass is 219 g/mol. The van der Waals surface area contributed by atoms with E-state index >= 15 is 0 Å². The molecular formula is C11H13N3O2. The van der Waals surface area contributed by atoms with Gasteiger partial charge in [-0.3, -0.25) is 0 Å². The molecule has 16 heavy (non-hydrogen) atoms. The standard InChI is InChI=1S/C11H13N3O2/c1-16-11-5-3-2-4-9(11)10-8-12-13-14(10)6-7-15/h2-5,8,15H,6-7H2,1H3. The predicted octanol–water partition coefficient (Wildman–Crippen LogP) is 0.946. The largest absolute Gasteiger partial charge is 0.496 e. The quantitative estimate of drug-likeness (QED) is 0.831. The lowest BCUT2D eigenvalue weighted by atomic mass is 10.1. The normalized spacial score (nSPS) is 10.4. The highest BCUT2D eigenvalue weighted by Gasteiger charge is 2.10. The highest BCUT2D eigenvalue weighted by atomic mass is 16.5. The van der Waals surface area contributed by atoms with Gasteiger partial charge in [0.2, 0.25) is 0 Å². The van der Waals surface area contributed by atoms with Crippen LogP contribution in [0.15, 0.2) is 30.5 Å². The fraction of sp³-hybridized carbons (Fsp3) is 0.273. The number of aliphatic hydroxyl groups excluding tert-OH is 1. The van der Waals surface area contributed by atoms with Gasteiger partial charge in [-0.15, -0.1) is 5.10 Å². The summed E-state index contributed by atoms with van der Waals surface area (Å²) in [5, 5.41) is 16.7. The maximum absolute atomic E-state index is 8.92. The number of nitrogens with zero attached hydrogens (tertiary/aromatic N) is 3. The van der Waals surface area contributed by atoms with E-state index in [4.69, 9.17) is 9.84 Å². The Morgan fingerprint density at radius 3 is 2.94 bits per heavy atom. The molecule has 1 aromatic carbocycles. The zero-order chi connectivity index (χ0) is 11.4. The third-order valence-corrected chi connectivity index (χ3v) is 2.31. The Hall–Kier alpha value is -1.88. The highest BCUT2D eigenvalue weighted by Crippen LogP contribution is 2.28. The summed E-state index contributed by atoms with van der Waals surface area (Å²) in [6.45, 7) is 0.457. The molecule has 1 N–H and O–H groups in total. The SMILES string of the molecule is COc1ccccc1-c1cnnn1CCO. The summed E-state index contributed by atoms with van der Waals surface area (Å²) in [6.07, 6.45) is 1.66. The van der Waals surface area contributed by atoms with Gasteiger partial charge in [0.15, 0.2) is 0 Å². The van der Waals surface area contributed by atoms with Gasteiger partial charge in [-0.05, 0) is 12.1 Å². The molecule has 0 amide bonds. The molecular weight excluding hydrogens is 206 g/mol. The number of hydrogen-bond donors (Lipinski definition) is 1. The minimum absolute atomic E-state index is 0.0332. The predicted molar refractivity (Wildman–Crippen MR) is 59.1 cm³/mol. The van der Waals surface area contributed by atoms with Gasteiger partial charge in [-0.1, -0.05) is 17.3 Å². The average molecular weight is 219 g/mol. The van der Waals surface area contributed by atoms with Crippen LogP contribution in [0.2, 0.25) is 0 Å². The van der Waals surface area contributed by atoms with E-state index in [1.807, 2.05) is 24.3 Å². The molecule has 0 atom stereocenters. The van der Waals surface area contributed by atoms with Crippen LogP contribution in [0.5, 0.6) is 5.75 Å². The summed E-state index contributed by atoms with van der Waals surface area (Å²) in [6, 6.07) is 7.65. The molecule has 1 aromatic heterocycles. The minimum Gasteiger partial charge on any atom is -0.496 e. The first kappa shape index (κ1) is 10.6. The van der Waals surface area contributed by atoms with Crippen molar-refractivity contribution in [3.05, 3.63) is 30.5 Å². The smallest absolute Gasteiger partial charge is 0.128 e. The molecule has 0 bridgehead atoms. The summed E-state index contributed by atoms with van der Waals surface area (Å²) < 4.78 is 6.92. The molecule has 0 unspecified atom stereocenters. The van der Waals surface area contributed by atoms with Gasteiger partial charge in [-0.25, -0.2) is 4.68 Å². The van der Waals surface area contributed by atoms with Crippen LogP contribution in [0.3, 0.4) is 0 Å². The topological polar surface area (TPSA) is 60.2 Å². The maximum atomic E-state index is 8.92. The van der Waals surface area contributed by atoms with Gasteiger partial charge in [-0.2, -0.15) is 0 Å². The third kappa shape index (κ3) is 1.90. The Balaban J connectivity index is 2.45.